The summed E-state index contributed by atoms with van der Waals surface area (Å²) in [5, 5.41) is 17.9. The Morgan fingerprint density at radius 1 is 1.50 bits per heavy atom. The molecule has 0 aliphatic heterocycles. The molecule has 1 rings (SSSR count). The zero-order valence-electron chi connectivity index (χ0n) is 7.90. The predicted octanol–water partition coefficient (Wildman–Crippen LogP) is 0.551. The molecule has 0 saturated carbocycles. The van der Waals surface area contributed by atoms with Crippen molar-refractivity contribution in [2.45, 2.75) is 12.5 Å². The van der Waals surface area contributed by atoms with Crippen molar-refractivity contribution in [1.82, 2.24) is 0 Å². The molecule has 0 saturated heterocycles. The first-order valence-electron chi connectivity index (χ1n) is 4.21. The molecule has 76 valence electrons. The van der Waals surface area contributed by atoms with E-state index in [-0.39, 0.29) is 12.2 Å². The van der Waals surface area contributed by atoms with E-state index in [1.807, 2.05) is 0 Å². The Kier molecular flexibility index (Phi) is 2.88. The first kappa shape index (κ1) is 10.7. The summed E-state index contributed by atoms with van der Waals surface area (Å²) in [6.07, 6.45) is 0. The van der Waals surface area contributed by atoms with Crippen LogP contribution in [0.2, 0.25) is 0 Å². The maximum absolute atomic E-state index is 10.8. The van der Waals surface area contributed by atoms with E-state index in [0.29, 0.717) is 5.56 Å². The molecule has 0 aromatic heterocycles. The zero-order chi connectivity index (χ0) is 10.8. The molecule has 1 atom stereocenters. The monoisotopic (exact) mass is 195 g/mol. The van der Waals surface area contributed by atoms with Gasteiger partial charge in [-0.2, -0.15) is 0 Å². The first-order chi connectivity index (χ1) is 6.49. The van der Waals surface area contributed by atoms with Crippen LogP contribution in [0.4, 0.5) is 0 Å². The van der Waals surface area contributed by atoms with E-state index in [1.54, 1.807) is 25.1 Å². The normalized spacial score (nSPS) is 14.8. The molecule has 0 fully saturated rings. The molecule has 0 heterocycles. The average molecular weight is 195 g/mol. The molecule has 1 aromatic rings. The number of rotatable bonds is 3. The highest BCUT2D eigenvalue weighted by molar-refractivity contribution is 5.89. The van der Waals surface area contributed by atoms with E-state index in [2.05, 4.69) is 0 Å². The van der Waals surface area contributed by atoms with Crippen LogP contribution in [0.25, 0.3) is 0 Å². The van der Waals surface area contributed by atoms with Gasteiger partial charge in [-0.25, -0.2) is 4.79 Å². The van der Waals surface area contributed by atoms with E-state index in [1.165, 1.54) is 6.07 Å². The second-order valence-electron chi connectivity index (χ2n) is 3.43. The number of aromatic carboxylic acids is 1. The van der Waals surface area contributed by atoms with Crippen molar-refractivity contribution < 1.29 is 15.0 Å². The second-order valence-corrected chi connectivity index (χ2v) is 3.43. The predicted molar refractivity (Wildman–Crippen MR) is 52.0 cm³/mol. The highest BCUT2D eigenvalue weighted by atomic mass is 16.4. The number of aliphatic hydroxyl groups excluding tert-OH is 1. The average Bonchev–Trinajstić information content (AvgIpc) is 2.18. The van der Waals surface area contributed by atoms with Gasteiger partial charge in [0.1, 0.15) is 0 Å². The maximum atomic E-state index is 10.8. The fraction of sp³-hybridized carbons (Fsp3) is 0.300. The number of aliphatic hydroxyl groups is 1. The Morgan fingerprint density at radius 2 is 2.07 bits per heavy atom. The van der Waals surface area contributed by atoms with Gasteiger partial charge in [0.2, 0.25) is 0 Å². The summed E-state index contributed by atoms with van der Waals surface area (Å²) in [6, 6.07) is 6.40. The highest BCUT2D eigenvalue weighted by Crippen LogP contribution is 2.21. The molecule has 14 heavy (non-hydrogen) atoms. The number of hydrogen-bond acceptors (Lipinski definition) is 3. The van der Waals surface area contributed by atoms with E-state index < -0.39 is 11.5 Å². The lowest BCUT2D eigenvalue weighted by Gasteiger charge is -2.23. The Hall–Kier alpha value is -1.39. The van der Waals surface area contributed by atoms with Crippen LogP contribution in [0.1, 0.15) is 22.8 Å². The number of hydrogen-bond donors (Lipinski definition) is 3. The minimum atomic E-state index is -1.04. The van der Waals surface area contributed by atoms with Gasteiger partial charge in [0, 0.05) is 0 Å². The van der Waals surface area contributed by atoms with Crippen LogP contribution >= 0.6 is 0 Å². The fourth-order valence-corrected chi connectivity index (χ4v) is 1.25. The molecule has 0 spiro atoms. The van der Waals surface area contributed by atoms with Gasteiger partial charge in [0.25, 0.3) is 0 Å². The van der Waals surface area contributed by atoms with Crippen molar-refractivity contribution in [3.8, 4) is 0 Å². The maximum Gasteiger partial charge on any atom is 0.336 e. The number of carboxylic acid groups (broad SMARTS) is 1. The molecule has 0 radical (unpaired) electrons. The van der Waals surface area contributed by atoms with Crippen molar-refractivity contribution in [3.05, 3.63) is 35.4 Å². The van der Waals surface area contributed by atoms with Crippen molar-refractivity contribution in [2.75, 3.05) is 6.61 Å². The quantitative estimate of drug-likeness (QED) is 0.657. The van der Waals surface area contributed by atoms with Crippen molar-refractivity contribution in [1.29, 1.82) is 0 Å². The van der Waals surface area contributed by atoms with Crippen LogP contribution in [0, 0.1) is 0 Å². The summed E-state index contributed by atoms with van der Waals surface area (Å²) >= 11 is 0. The Morgan fingerprint density at radius 3 is 2.57 bits per heavy atom. The second kappa shape index (κ2) is 3.77. The standard InChI is InChI=1S/C10H13NO3/c1-10(11,6-12)8-5-3-2-4-7(8)9(13)14/h2-5,12H,6,11H2,1H3,(H,13,14)/t10-/m0/s1. The molecule has 0 aliphatic carbocycles. The van der Waals surface area contributed by atoms with Crippen molar-refractivity contribution in [3.63, 3.8) is 0 Å². The number of nitrogens with two attached hydrogens (primary N) is 1. The largest absolute Gasteiger partial charge is 0.478 e. The molecule has 0 unspecified atom stereocenters. The zero-order valence-corrected chi connectivity index (χ0v) is 7.90. The van der Waals surface area contributed by atoms with Crippen LogP contribution in [0.3, 0.4) is 0 Å². The lowest BCUT2D eigenvalue weighted by atomic mass is 9.90. The van der Waals surface area contributed by atoms with Gasteiger partial charge in [-0.3, -0.25) is 0 Å². The third kappa shape index (κ3) is 1.92. The topological polar surface area (TPSA) is 83.5 Å². The van der Waals surface area contributed by atoms with Crippen LogP contribution in [-0.2, 0) is 5.54 Å². The van der Waals surface area contributed by atoms with Crippen molar-refractivity contribution in [2.24, 2.45) is 5.73 Å². The molecule has 0 bridgehead atoms. The molecule has 0 amide bonds. The smallest absolute Gasteiger partial charge is 0.336 e. The van der Waals surface area contributed by atoms with Gasteiger partial charge in [-0.15, -0.1) is 0 Å². The first-order valence-corrected chi connectivity index (χ1v) is 4.21. The van der Waals surface area contributed by atoms with Gasteiger partial charge >= 0.3 is 5.97 Å². The van der Waals surface area contributed by atoms with E-state index in [9.17, 15) is 4.79 Å². The molecular formula is C10H13NO3. The van der Waals surface area contributed by atoms with Gasteiger partial charge < -0.3 is 15.9 Å². The summed E-state index contributed by atoms with van der Waals surface area (Å²) in [7, 11) is 0. The minimum Gasteiger partial charge on any atom is -0.478 e. The summed E-state index contributed by atoms with van der Waals surface area (Å²) in [5.74, 6) is -1.04. The fourth-order valence-electron chi connectivity index (χ4n) is 1.25. The van der Waals surface area contributed by atoms with E-state index in [0.717, 1.165) is 0 Å². The molecular weight excluding hydrogens is 182 g/mol. The molecule has 4 N–H and O–H groups in total. The number of carboxylic acids is 1. The summed E-state index contributed by atoms with van der Waals surface area (Å²) in [5.41, 5.74) is 5.31. The van der Waals surface area contributed by atoms with Crippen LogP contribution in [0.15, 0.2) is 24.3 Å². The van der Waals surface area contributed by atoms with Gasteiger partial charge in [0.15, 0.2) is 0 Å². The third-order valence-corrected chi connectivity index (χ3v) is 2.10. The summed E-state index contributed by atoms with van der Waals surface area (Å²) < 4.78 is 0. The number of carbonyl (C=O) groups is 1. The van der Waals surface area contributed by atoms with Crippen molar-refractivity contribution >= 4 is 5.97 Å². The lowest BCUT2D eigenvalue weighted by Crippen LogP contribution is -2.38. The van der Waals surface area contributed by atoms with Gasteiger partial charge in [0.05, 0.1) is 17.7 Å². The van der Waals surface area contributed by atoms with Crippen LogP contribution in [-0.4, -0.2) is 22.8 Å². The minimum absolute atomic E-state index is 0.131. The van der Waals surface area contributed by atoms with Crippen LogP contribution < -0.4 is 5.73 Å². The Bertz CT molecular complexity index is 347. The van der Waals surface area contributed by atoms with Gasteiger partial charge in [-0.05, 0) is 18.6 Å². The molecule has 4 nitrogen and oxygen atoms in total. The highest BCUT2D eigenvalue weighted by Gasteiger charge is 2.25. The summed E-state index contributed by atoms with van der Waals surface area (Å²) in [4.78, 5) is 10.8. The Balaban J connectivity index is 3.27. The van der Waals surface area contributed by atoms with E-state index in [4.69, 9.17) is 15.9 Å². The van der Waals surface area contributed by atoms with Gasteiger partial charge in [-0.1, -0.05) is 18.2 Å². The SMILES string of the molecule is C[C@](N)(CO)c1ccccc1C(=O)O. The molecule has 1 aromatic carbocycles. The molecule has 0 aliphatic rings. The molecule has 4 heteroatoms. The number of benzene rings is 1. The van der Waals surface area contributed by atoms with Crippen LogP contribution in [0.5, 0.6) is 0 Å². The third-order valence-electron chi connectivity index (χ3n) is 2.10. The Labute approximate surface area is 82.0 Å². The summed E-state index contributed by atoms with van der Waals surface area (Å²) in [6.45, 7) is 1.30. The lowest BCUT2D eigenvalue weighted by molar-refractivity contribution is 0.0692. The van der Waals surface area contributed by atoms with E-state index >= 15 is 0 Å².